The molecule has 2 saturated carbocycles. The van der Waals surface area contributed by atoms with E-state index < -0.39 is 0 Å². The molecule has 1 aromatic rings. The summed E-state index contributed by atoms with van der Waals surface area (Å²) in [4.78, 5) is 13.0. The number of carbonyl (C=O) groups is 1. The quantitative estimate of drug-likeness (QED) is 0.857. The van der Waals surface area contributed by atoms with Crippen molar-refractivity contribution < 1.29 is 9.53 Å². The van der Waals surface area contributed by atoms with Crippen LogP contribution < -0.4 is 15.8 Å². The summed E-state index contributed by atoms with van der Waals surface area (Å²) in [6.07, 6.45) is 5.56. The molecule has 0 heterocycles. The van der Waals surface area contributed by atoms with Gasteiger partial charge in [-0.15, -0.1) is 0 Å². The Hall–Kier alpha value is -1.55. The maximum atomic E-state index is 13.0. The van der Waals surface area contributed by atoms with Gasteiger partial charge in [0, 0.05) is 12.0 Å². The topological polar surface area (TPSA) is 64.3 Å². The largest absolute Gasteiger partial charge is 0.497 e. The molecular weight excluding hydrogens is 312 g/mol. The fourth-order valence-corrected chi connectivity index (χ4v) is 4.72. The van der Waals surface area contributed by atoms with E-state index in [2.05, 4.69) is 31.3 Å². The van der Waals surface area contributed by atoms with Crippen molar-refractivity contribution in [3.05, 3.63) is 29.8 Å². The number of methoxy groups -OCH3 is 1. The lowest BCUT2D eigenvalue weighted by atomic mass is 9.65. The van der Waals surface area contributed by atoms with Crippen LogP contribution in [0.3, 0.4) is 0 Å². The maximum absolute atomic E-state index is 13.0. The lowest BCUT2D eigenvalue weighted by Crippen LogP contribution is -2.49. The van der Waals surface area contributed by atoms with Gasteiger partial charge in [-0.2, -0.15) is 0 Å². The van der Waals surface area contributed by atoms with Crippen molar-refractivity contribution >= 4 is 5.91 Å². The Labute approximate surface area is 151 Å². The Morgan fingerprint density at radius 2 is 1.76 bits per heavy atom. The molecule has 2 fully saturated rings. The van der Waals surface area contributed by atoms with Gasteiger partial charge in [-0.25, -0.2) is 0 Å². The molecule has 0 radical (unpaired) electrons. The molecule has 138 valence electrons. The van der Waals surface area contributed by atoms with Crippen LogP contribution in [0.25, 0.3) is 0 Å². The fraction of sp³-hybridized carbons (Fsp3) is 0.667. The Balaban J connectivity index is 1.68. The third-order valence-electron chi connectivity index (χ3n) is 6.22. The van der Waals surface area contributed by atoms with Crippen molar-refractivity contribution in [2.45, 2.75) is 58.0 Å². The molecule has 3 rings (SSSR count). The molecular formula is C21H32N2O2. The first kappa shape index (κ1) is 18.2. The Morgan fingerprint density at radius 3 is 2.28 bits per heavy atom. The SMILES string of the molecule is COc1ccc(C(NC(=O)C2CC3CCCC(C2)C3N)C(C)C)cc1. The molecule has 3 N–H and O–H groups in total. The van der Waals surface area contributed by atoms with Gasteiger partial charge in [0.05, 0.1) is 13.2 Å². The molecule has 4 heteroatoms. The number of nitrogens with two attached hydrogens (primary N) is 1. The van der Waals surface area contributed by atoms with Gasteiger partial charge in [-0.05, 0) is 61.1 Å². The maximum Gasteiger partial charge on any atom is 0.223 e. The van der Waals surface area contributed by atoms with Gasteiger partial charge in [0.25, 0.3) is 0 Å². The average molecular weight is 344 g/mol. The van der Waals surface area contributed by atoms with Crippen LogP contribution >= 0.6 is 0 Å². The van der Waals surface area contributed by atoms with Crippen LogP contribution in [-0.2, 0) is 4.79 Å². The molecule has 0 spiro atoms. The Bertz CT molecular complexity index is 570. The third-order valence-corrected chi connectivity index (χ3v) is 6.22. The van der Waals surface area contributed by atoms with Crippen molar-refractivity contribution in [1.82, 2.24) is 5.32 Å². The summed E-state index contributed by atoms with van der Waals surface area (Å²) < 4.78 is 5.24. The van der Waals surface area contributed by atoms with Crippen molar-refractivity contribution in [2.24, 2.45) is 29.4 Å². The highest BCUT2D eigenvalue weighted by atomic mass is 16.5. The number of hydrogen-bond donors (Lipinski definition) is 2. The number of ether oxygens (including phenoxy) is 1. The predicted molar refractivity (Wildman–Crippen MR) is 100 cm³/mol. The minimum Gasteiger partial charge on any atom is -0.497 e. The zero-order valence-electron chi connectivity index (χ0n) is 15.7. The van der Waals surface area contributed by atoms with Gasteiger partial charge < -0.3 is 15.8 Å². The van der Waals surface area contributed by atoms with Gasteiger partial charge in [-0.1, -0.05) is 32.4 Å². The van der Waals surface area contributed by atoms with Gasteiger partial charge in [0.1, 0.15) is 5.75 Å². The van der Waals surface area contributed by atoms with Crippen LogP contribution in [0.2, 0.25) is 0 Å². The predicted octanol–water partition coefficient (Wildman–Crippen LogP) is 3.66. The summed E-state index contributed by atoms with van der Waals surface area (Å²) in [6, 6.07) is 8.36. The minimum absolute atomic E-state index is 0.0360. The van der Waals surface area contributed by atoms with Gasteiger partial charge in [0.2, 0.25) is 5.91 Å². The zero-order chi connectivity index (χ0) is 18.0. The summed E-state index contributed by atoms with van der Waals surface area (Å²) in [6.45, 7) is 4.31. The molecule has 0 aromatic heterocycles. The lowest BCUT2D eigenvalue weighted by molar-refractivity contribution is -0.129. The first-order valence-electron chi connectivity index (χ1n) is 9.69. The summed E-state index contributed by atoms with van der Waals surface area (Å²) in [5.74, 6) is 2.56. The number of amides is 1. The van der Waals surface area contributed by atoms with E-state index in [0.29, 0.717) is 23.8 Å². The molecule has 4 nitrogen and oxygen atoms in total. The summed E-state index contributed by atoms with van der Waals surface area (Å²) >= 11 is 0. The number of fused-ring (bicyclic) bond motifs is 2. The first-order valence-corrected chi connectivity index (χ1v) is 9.69. The van der Waals surface area contributed by atoms with Crippen LogP contribution in [0, 0.1) is 23.7 Å². The highest BCUT2D eigenvalue weighted by Gasteiger charge is 2.40. The van der Waals surface area contributed by atoms with Crippen LogP contribution in [0.5, 0.6) is 5.75 Å². The molecule has 2 aliphatic rings. The van der Waals surface area contributed by atoms with Crippen molar-refractivity contribution in [1.29, 1.82) is 0 Å². The van der Waals surface area contributed by atoms with Gasteiger partial charge in [0.15, 0.2) is 0 Å². The standard InChI is InChI=1S/C21H32N2O2/c1-13(2)20(14-7-9-18(25-3)10-8-14)23-21(24)17-11-15-5-4-6-16(12-17)19(15)22/h7-10,13,15-17,19-20H,4-6,11-12,22H2,1-3H3,(H,23,24). The van der Waals surface area contributed by atoms with Crippen LogP contribution in [0.15, 0.2) is 24.3 Å². The van der Waals surface area contributed by atoms with E-state index in [4.69, 9.17) is 10.5 Å². The van der Waals surface area contributed by atoms with E-state index in [-0.39, 0.29) is 17.9 Å². The average Bonchev–Trinajstić information content (AvgIpc) is 2.59. The number of benzene rings is 1. The van der Waals surface area contributed by atoms with Crippen molar-refractivity contribution in [3.8, 4) is 5.75 Å². The van der Waals surface area contributed by atoms with Gasteiger partial charge in [-0.3, -0.25) is 4.79 Å². The van der Waals surface area contributed by atoms with E-state index in [1.807, 2.05) is 12.1 Å². The smallest absolute Gasteiger partial charge is 0.223 e. The van der Waals surface area contributed by atoms with Crippen LogP contribution in [0.1, 0.15) is 57.6 Å². The van der Waals surface area contributed by atoms with Gasteiger partial charge >= 0.3 is 0 Å². The number of hydrogen-bond acceptors (Lipinski definition) is 3. The lowest BCUT2D eigenvalue weighted by Gasteiger charge is -2.43. The van der Waals surface area contributed by atoms with E-state index in [0.717, 1.165) is 24.2 Å². The minimum atomic E-state index is 0.0360. The summed E-state index contributed by atoms with van der Waals surface area (Å²) in [7, 11) is 1.67. The molecule has 2 aliphatic carbocycles. The molecule has 0 aliphatic heterocycles. The van der Waals surface area contributed by atoms with Crippen LogP contribution in [-0.4, -0.2) is 19.1 Å². The Kier molecular flexibility index (Phi) is 5.67. The third kappa shape index (κ3) is 4.00. The summed E-state index contributed by atoms with van der Waals surface area (Å²) in [5, 5.41) is 3.32. The van der Waals surface area contributed by atoms with Crippen molar-refractivity contribution in [2.75, 3.05) is 7.11 Å². The summed E-state index contributed by atoms with van der Waals surface area (Å²) in [5.41, 5.74) is 7.51. The highest BCUT2D eigenvalue weighted by Crippen LogP contribution is 2.42. The zero-order valence-corrected chi connectivity index (χ0v) is 15.7. The second kappa shape index (κ2) is 7.77. The molecule has 1 amide bonds. The molecule has 25 heavy (non-hydrogen) atoms. The second-order valence-corrected chi connectivity index (χ2v) is 8.20. The van der Waals surface area contributed by atoms with E-state index >= 15 is 0 Å². The molecule has 3 atom stereocenters. The number of rotatable bonds is 5. The first-order chi connectivity index (χ1) is 12.0. The van der Waals surface area contributed by atoms with Crippen molar-refractivity contribution in [3.63, 3.8) is 0 Å². The second-order valence-electron chi connectivity index (χ2n) is 8.20. The van der Waals surface area contributed by atoms with E-state index in [1.165, 1.54) is 19.3 Å². The van der Waals surface area contributed by atoms with E-state index in [9.17, 15) is 4.79 Å². The van der Waals surface area contributed by atoms with Crippen LogP contribution in [0.4, 0.5) is 0 Å². The van der Waals surface area contributed by atoms with E-state index in [1.54, 1.807) is 7.11 Å². The molecule has 3 unspecified atom stereocenters. The number of nitrogens with one attached hydrogen (secondary N) is 1. The highest BCUT2D eigenvalue weighted by molar-refractivity contribution is 5.79. The molecule has 1 aromatic carbocycles. The molecule has 0 saturated heterocycles. The monoisotopic (exact) mass is 344 g/mol. The number of carbonyl (C=O) groups excluding carboxylic acids is 1. The Morgan fingerprint density at radius 1 is 1.16 bits per heavy atom. The molecule has 2 bridgehead atoms. The fourth-order valence-electron chi connectivity index (χ4n) is 4.72. The normalized spacial score (nSPS) is 30.0.